The molecule has 0 radical (unpaired) electrons. The Kier molecular flexibility index (Phi) is 6.80. The smallest absolute Gasteiger partial charge is 0.259 e. The van der Waals surface area contributed by atoms with Crippen molar-refractivity contribution >= 4 is 41.2 Å². The maximum Gasteiger partial charge on any atom is 0.259 e. The molecule has 2 amide bonds. The molecule has 2 N–H and O–H groups in total. The van der Waals surface area contributed by atoms with Gasteiger partial charge in [0.2, 0.25) is 0 Å². The number of carbonyl (C=O) groups is 2. The number of hydrogen-bond acceptors (Lipinski definition) is 4. The van der Waals surface area contributed by atoms with Gasteiger partial charge in [0, 0.05) is 5.02 Å². The number of halogens is 2. The molecule has 0 aliphatic heterocycles. The predicted octanol–water partition coefficient (Wildman–Crippen LogP) is 2.88. The average Bonchev–Trinajstić information content (AvgIpc) is 2.60. The summed E-state index contributed by atoms with van der Waals surface area (Å²) >= 11 is 11.7. The highest BCUT2D eigenvalue weighted by molar-refractivity contribution is 6.36. The van der Waals surface area contributed by atoms with Gasteiger partial charge in [-0.25, -0.2) is 5.43 Å². The quantitative estimate of drug-likeness (QED) is 0.598. The summed E-state index contributed by atoms with van der Waals surface area (Å²) in [5.74, 6) is -0.219. The molecular weight excluding hydrogens is 365 g/mol. The number of methoxy groups -OCH3 is 1. The first-order valence-electron chi connectivity index (χ1n) is 7.19. The second-order valence-corrected chi connectivity index (χ2v) is 5.72. The Bertz CT molecular complexity index is 792. The second-order valence-electron chi connectivity index (χ2n) is 4.87. The lowest BCUT2D eigenvalue weighted by molar-refractivity contribution is -0.120. The van der Waals surface area contributed by atoms with Crippen molar-refractivity contribution in [3.63, 3.8) is 0 Å². The lowest BCUT2D eigenvalue weighted by atomic mass is 10.2. The van der Waals surface area contributed by atoms with Crippen molar-refractivity contribution in [3.05, 3.63) is 63.6 Å². The van der Waals surface area contributed by atoms with E-state index in [1.807, 2.05) is 0 Å². The van der Waals surface area contributed by atoms with Crippen LogP contribution in [0.2, 0.25) is 10.0 Å². The van der Waals surface area contributed by atoms with Crippen LogP contribution in [0.3, 0.4) is 0 Å². The molecule has 2 aromatic rings. The van der Waals surface area contributed by atoms with E-state index in [-0.39, 0.29) is 17.1 Å². The summed E-state index contributed by atoms with van der Waals surface area (Å²) in [5, 5.41) is 6.90. The van der Waals surface area contributed by atoms with Gasteiger partial charge in [-0.1, -0.05) is 23.2 Å². The van der Waals surface area contributed by atoms with Gasteiger partial charge in [-0.2, -0.15) is 5.10 Å². The molecule has 8 heteroatoms. The first kappa shape index (κ1) is 18.8. The Labute approximate surface area is 154 Å². The first-order valence-corrected chi connectivity index (χ1v) is 7.94. The molecular formula is C17H15Cl2N3O3. The van der Waals surface area contributed by atoms with Gasteiger partial charge in [0.1, 0.15) is 5.75 Å². The normalized spacial score (nSPS) is 10.5. The minimum Gasteiger partial charge on any atom is -0.497 e. The average molecular weight is 380 g/mol. The molecule has 0 heterocycles. The molecule has 25 heavy (non-hydrogen) atoms. The summed E-state index contributed by atoms with van der Waals surface area (Å²) in [7, 11) is 1.58. The van der Waals surface area contributed by atoms with E-state index in [0.717, 1.165) is 11.3 Å². The van der Waals surface area contributed by atoms with Crippen molar-refractivity contribution in [3.8, 4) is 5.75 Å². The van der Waals surface area contributed by atoms with Crippen LogP contribution in [0.15, 0.2) is 47.6 Å². The van der Waals surface area contributed by atoms with Crippen molar-refractivity contribution in [1.82, 2.24) is 10.7 Å². The number of hydrazone groups is 1. The molecule has 0 saturated heterocycles. The summed E-state index contributed by atoms with van der Waals surface area (Å²) in [5.41, 5.74) is 3.35. The number of ether oxygens (including phenoxy) is 1. The van der Waals surface area contributed by atoms with Crippen molar-refractivity contribution in [2.24, 2.45) is 5.10 Å². The molecule has 2 aromatic carbocycles. The zero-order valence-corrected chi connectivity index (χ0v) is 14.8. The molecule has 0 spiro atoms. The minimum absolute atomic E-state index is 0.211. The van der Waals surface area contributed by atoms with E-state index < -0.39 is 11.8 Å². The third-order valence-electron chi connectivity index (χ3n) is 3.10. The van der Waals surface area contributed by atoms with Crippen LogP contribution in [0.1, 0.15) is 15.9 Å². The van der Waals surface area contributed by atoms with Crippen LogP contribution in [0.5, 0.6) is 5.75 Å². The van der Waals surface area contributed by atoms with E-state index >= 15 is 0 Å². The molecule has 0 saturated carbocycles. The summed E-state index contributed by atoms with van der Waals surface area (Å²) < 4.78 is 5.05. The van der Waals surface area contributed by atoms with E-state index in [2.05, 4.69) is 15.8 Å². The van der Waals surface area contributed by atoms with Crippen LogP contribution in [0, 0.1) is 0 Å². The number of benzene rings is 2. The highest BCUT2D eigenvalue weighted by Gasteiger charge is 2.11. The van der Waals surface area contributed by atoms with Gasteiger partial charge in [0.05, 0.1) is 30.5 Å². The molecule has 0 atom stereocenters. The maximum absolute atomic E-state index is 12.0. The molecule has 2 rings (SSSR count). The highest BCUT2D eigenvalue weighted by atomic mass is 35.5. The van der Waals surface area contributed by atoms with E-state index in [4.69, 9.17) is 27.9 Å². The third-order valence-corrected chi connectivity index (χ3v) is 3.65. The number of carbonyl (C=O) groups excluding carboxylic acids is 2. The van der Waals surface area contributed by atoms with E-state index in [9.17, 15) is 9.59 Å². The molecule has 130 valence electrons. The van der Waals surface area contributed by atoms with Crippen molar-refractivity contribution in [2.45, 2.75) is 0 Å². The Morgan fingerprint density at radius 3 is 2.52 bits per heavy atom. The molecule has 6 nitrogen and oxygen atoms in total. The first-order chi connectivity index (χ1) is 12.0. The molecule has 0 fully saturated rings. The fraction of sp³-hybridized carbons (Fsp3) is 0.118. The van der Waals surface area contributed by atoms with Crippen LogP contribution in [-0.2, 0) is 4.79 Å². The fourth-order valence-corrected chi connectivity index (χ4v) is 2.33. The Morgan fingerprint density at radius 2 is 1.88 bits per heavy atom. The summed E-state index contributed by atoms with van der Waals surface area (Å²) in [6, 6.07) is 11.6. The van der Waals surface area contributed by atoms with Crippen LogP contribution >= 0.6 is 23.2 Å². The fourth-order valence-electron chi connectivity index (χ4n) is 1.84. The predicted molar refractivity (Wildman–Crippen MR) is 97.5 cm³/mol. The Balaban J connectivity index is 1.81. The number of amides is 2. The van der Waals surface area contributed by atoms with E-state index in [1.54, 1.807) is 37.4 Å². The van der Waals surface area contributed by atoms with Crippen LogP contribution < -0.4 is 15.5 Å². The van der Waals surface area contributed by atoms with Crippen molar-refractivity contribution in [2.75, 3.05) is 13.7 Å². The summed E-state index contributed by atoms with van der Waals surface area (Å²) in [6.07, 6.45) is 1.48. The van der Waals surface area contributed by atoms with Crippen LogP contribution in [-0.4, -0.2) is 31.7 Å². The number of rotatable bonds is 6. The highest BCUT2D eigenvalue weighted by Crippen LogP contribution is 2.20. The Morgan fingerprint density at radius 1 is 1.16 bits per heavy atom. The standard InChI is InChI=1S/C17H15Cl2N3O3/c1-25-13-5-2-11(3-6-13)9-21-22-16(23)10-20-17(24)14-7-4-12(18)8-15(14)19/h2-9H,10H2,1H3,(H,20,24)(H,22,23)/b21-9+. The monoisotopic (exact) mass is 379 g/mol. The topological polar surface area (TPSA) is 79.8 Å². The Hall–Kier alpha value is -2.57. The largest absolute Gasteiger partial charge is 0.497 e. The van der Waals surface area contributed by atoms with Gasteiger partial charge in [-0.15, -0.1) is 0 Å². The summed E-state index contributed by atoms with van der Waals surface area (Å²) in [6.45, 7) is -0.238. The lowest BCUT2D eigenvalue weighted by Crippen LogP contribution is -2.35. The third kappa shape index (κ3) is 5.77. The van der Waals surface area contributed by atoms with Gasteiger partial charge in [0.25, 0.3) is 11.8 Å². The van der Waals surface area contributed by atoms with Crippen molar-refractivity contribution in [1.29, 1.82) is 0 Å². The van der Waals surface area contributed by atoms with Gasteiger partial charge < -0.3 is 10.1 Å². The van der Waals surface area contributed by atoms with Crippen LogP contribution in [0.4, 0.5) is 0 Å². The number of hydrogen-bond donors (Lipinski definition) is 2. The SMILES string of the molecule is COc1ccc(/C=N/NC(=O)CNC(=O)c2ccc(Cl)cc2Cl)cc1. The minimum atomic E-state index is -0.476. The molecule has 0 unspecified atom stereocenters. The molecule has 0 aliphatic rings. The molecule has 0 aliphatic carbocycles. The van der Waals surface area contributed by atoms with Gasteiger partial charge in [-0.3, -0.25) is 9.59 Å². The zero-order chi connectivity index (χ0) is 18.2. The zero-order valence-electron chi connectivity index (χ0n) is 13.3. The molecule has 0 aromatic heterocycles. The number of nitrogens with zero attached hydrogens (tertiary/aromatic N) is 1. The summed E-state index contributed by atoms with van der Waals surface area (Å²) in [4.78, 5) is 23.7. The number of nitrogens with one attached hydrogen (secondary N) is 2. The van der Waals surface area contributed by atoms with Gasteiger partial charge in [-0.05, 0) is 48.0 Å². The van der Waals surface area contributed by atoms with Crippen LogP contribution in [0.25, 0.3) is 0 Å². The lowest BCUT2D eigenvalue weighted by Gasteiger charge is -2.06. The second kappa shape index (κ2) is 9.05. The van der Waals surface area contributed by atoms with E-state index in [1.165, 1.54) is 18.3 Å². The van der Waals surface area contributed by atoms with E-state index in [0.29, 0.717) is 5.02 Å². The van der Waals surface area contributed by atoms with Gasteiger partial charge in [0.15, 0.2) is 0 Å². The van der Waals surface area contributed by atoms with Crippen molar-refractivity contribution < 1.29 is 14.3 Å². The molecule has 0 bridgehead atoms. The maximum atomic E-state index is 12.0. The van der Waals surface area contributed by atoms with Gasteiger partial charge >= 0.3 is 0 Å².